The number of rotatable bonds is 3. The molecule has 4 heteroatoms. The molecule has 9 aromatic rings. The molecule has 0 spiro atoms. The van der Waals surface area contributed by atoms with Crippen molar-refractivity contribution in [2.75, 3.05) is 0 Å². The van der Waals surface area contributed by atoms with Gasteiger partial charge in [0.1, 0.15) is 0 Å². The molecule has 0 saturated heterocycles. The van der Waals surface area contributed by atoms with Crippen LogP contribution in [0.5, 0.6) is 0 Å². The van der Waals surface area contributed by atoms with Crippen LogP contribution >= 0.6 is 11.3 Å². The highest BCUT2D eigenvalue weighted by atomic mass is 32.1. The molecule has 7 aromatic carbocycles. The molecule has 0 N–H and O–H groups in total. The largest absolute Gasteiger partial charge is 0.208 e. The highest BCUT2D eigenvalue weighted by Crippen LogP contribution is 2.47. The maximum Gasteiger partial charge on any atom is 0.164 e. The van der Waals surface area contributed by atoms with Gasteiger partial charge >= 0.3 is 0 Å². The molecule has 0 unspecified atom stereocenters. The maximum absolute atomic E-state index is 5.21. The average molecular weight is 616 g/mol. The molecule has 3 nitrogen and oxygen atoms in total. The van der Waals surface area contributed by atoms with Crippen molar-refractivity contribution in [2.24, 2.45) is 0 Å². The number of benzene rings is 7. The van der Waals surface area contributed by atoms with Gasteiger partial charge in [0.15, 0.2) is 17.5 Å². The summed E-state index contributed by atoms with van der Waals surface area (Å²) in [5, 5.41) is 7.35. The van der Waals surface area contributed by atoms with E-state index in [9.17, 15) is 0 Å². The summed E-state index contributed by atoms with van der Waals surface area (Å²) in [4.78, 5) is 15.5. The third-order valence-electron chi connectivity index (χ3n) is 9.41. The first-order chi connectivity index (χ1) is 23.2. The van der Waals surface area contributed by atoms with Crippen LogP contribution in [0.25, 0.3) is 92.6 Å². The van der Waals surface area contributed by atoms with E-state index >= 15 is 0 Å². The molecule has 1 aliphatic carbocycles. The smallest absolute Gasteiger partial charge is 0.164 e. The second kappa shape index (κ2) is 10.0. The molecule has 0 aliphatic heterocycles. The molecule has 10 rings (SSSR count). The molecule has 0 amide bonds. The lowest BCUT2D eigenvalue weighted by Crippen LogP contribution is -2.01. The quantitative estimate of drug-likeness (QED) is 0.198. The fraction of sp³-hybridized carbons (Fsp3) is 0. The lowest BCUT2D eigenvalue weighted by molar-refractivity contribution is 1.08. The molecular formula is C43H25N3S. The summed E-state index contributed by atoms with van der Waals surface area (Å²) in [7, 11) is 0. The Bertz CT molecular complexity index is 2770. The molecule has 0 bridgehead atoms. The molecule has 1 aliphatic rings. The minimum absolute atomic E-state index is 0.653. The second-order valence-electron chi connectivity index (χ2n) is 12.1. The summed E-state index contributed by atoms with van der Waals surface area (Å²) in [6, 6.07) is 49.3. The van der Waals surface area contributed by atoms with Crippen molar-refractivity contribution >= 4 is 58.6 Å². The number of hydrogen-bond acceptors (Lipinski definition) is 4. The van der Waals surface area contributed by atoms with E-state index < -0.39 is 0 Å². The summed E-state index contributed by atoms with van der Waals surface area (Å²) < 4.78 is 2.56. The van der Waals surface area contributed by atoms with Crippen LogP contribution in [0.1, 0.15) is 11.1 Å². The van der Waals surface area contributed by atoms with E-state index in [0.717, 1.165) is 49.9 Å². The van der Waals surface area contributed by atoms with Gasteiger partial charge in [-0.25, -0.2) is 15.0 Å². The molecule has 0 atom stereocenters. The Kier molecular flexibility index (Phi) is 5.60. The lowest BCUT2D eigenvalue weighted by Gasteiger charge is -2.12. The van der Waals surface area contributed by atoms with Crippen LogP contribution < -0.4 is 0 Å². The van der Waals surface area contributed by atoms with Gasteiger partial charge in [0.2, 0.25) is 0 Å². The van der Waals surface area contributed by atoms with Crippen molar-refractivity contribution < 1.29 is 0 Å². The first-order valence-corrected chi connectivity index (χ1v) is 16.5. The van der Waals surface area contributed by atoms with Crippen LogP contribution in [0.4, 0.5) is 0 Å². The maximum atomic E-state index is 5.21. The van der Waals surface area contributed by atoms with Gasteiger partial charge in [0, 0.05) is 42.4 Å². The monoisotopic (exact) mass is 615 g/mol. The van der Waals surface area contributed by atoms with E-state index in [-0.39, 0.29) is 0 Å². The fourth-order valence-electron chi connectivity index (χ4n) is 7.12. The highest BCUT2D eigenvalue weighted by Gasteiger charge is 2.26. The molecule has 2 heterocycles. The molecule has 0 fully saturated rings. The van der Waals surface area contributed by atoms with Gasteiger partial charge in [-0.15, -0.1) is 11.3 Å². The summed E-state index contributed by atoms with van der Waals surface area (Å²) in [5.74, 6) is 1.96. The molecule has 218 valence electrons. The third kappa shape index (κ3) is 4.02. The fourth-order valence-corrected chi connectivity index (χ4v) is 8.33. The summed E-state index contributed by atoms with van der Waals surface area (Å²) >= 11 is 1.84. The topological polar surface area (TPSA) is 38.7 Å². The summed E-state index contributed by atoms with van der Waals surface area (Å²) in [6.07, 6.45) is 0. The summed E-state index contributed by atoms with van der Waals surface area (Å²) in [5.41, 5.74) is 8.50. The van der Waals surface area contributed by atoms with Crippen LogP contribution in [-0.4, -0.2) is 15.0 Å². The number of fused-ring (bicyclic) bond motifs is 9. The van der Waals surface area contributed by atoms with Gasteiger partial charge in [-0.05, 0) is 68.1 Å². The lowest BCUT2D eigenvalue weighted by atomic mass is 9.98. The van der Waals surface area contributed by atoms with Crippen molar-refractivity contribution in [1.29, 1.82) is 0 Å². The van der Waals surface area contributed by atoms with Crippen molar-refractivity contribution in [2.45, 2.75) is 0 Å². The minimum atomic E-state index is 0.653. The number of hydrogen-bond donors (Lipinski definition) is 0. The minimum Gasteiger partial charge on any atom is -0.208 e. The predicted octanol–water partition coefficient (Wildman–Crippen LogP) is 11.6. The van der Waals surface area contributed by atoms with Crippen molar-refractivity contribution in [1.82, 2.24) is 15.0 Å². The van der Waals surface area contributed by atoms with Crippen molar-refractivity contribution in [3.8, 4) is 45.3 Å². The second-order valence-corrected chi connectivity index (χ2v) is 13.1. The van der Waals surface area contributed by atoms with E-state index in [0.29, 0.717) is 17.5 Å². The Balaban J connectivity index is 1.22. The van der Waals surface area contributed by atoms with Gasteiger partial charge in [-0.2, -0.15) is 0 Å². The number of aromatic nitrogens is 3. The molecule has 2 aromatic heterocycles. The van der Waals surface area contributed by atoms with Gasteiger partial charge in [-0.3, -0.25) is 0 Å². The van der Waals surface area contributed by atoms with Crippen LogP contribution in [0.15, 0.2) is 146 Å². The molecule has 0 saturated carbocycles. The van der Waals surface area contributed by atoms with Gasteiger partial charge < -0.3 is 0 Å². The van der Waals surface area contributed by atoms with E-state index in [4.69, 9.17) is 15.0 Å². The Hall–Kier alpha value is -5.97. The van der Waals surface area contributed by atoms with E-state index in [1.807, 2.05) is 11.3 Å². The van der Waals surface area contributed by atoms with Gasteiger partial charge in [0.25, 0.3) is 0 Å². The summed E-state index contributed by atoms with van der Waals surface area (Å²) in [6.45, 7) is 4.45. The Labute approximate surface area is 275 Å². The van der Waals surface area contributed by atoms with Crippen molar-refractivity contribution in [3.05, 3.63) is 157 Å². The Morgan fingerprint density at radius 1 is 0.426 bits per heavy atom. The number of nitrogens with zero attached hydrogens (tertiary/aromatic N) is 3. The zero-order chi connectivity index (χ0) is 31.1. The molecular weight excluding hydrogens is 591 g/mol. The molecule has 0 radical (unpaired) electrons. The van der Waals surface area contributed by atoms with Crippen LogP contribution in [-0.2, 0) is 0 Å². The highest BCUT2D eigenvalue weighted by molar-refractivity contribution is 7.26. The number of thiophene rings is 1. The van der Waals surface area contributed by atoms with Crippen LogP contribution in [0.2, 0.25) is 0 Å². The van der Waals surface area contributed by atoms with Crippen LogP contribution in [0, 0.1) is 0 Å². The predicted molar refractivity (Wildman–Crippen MR) is 198 cm³/mol. The standard InChI is InChI=1S/C43H25N3S/c1-25-31-12-6-7-14-34(31)39-32(25)15-8-16-36(39)43-45-41(29-18-17-26-9-2-3-11-28(26)23-29)44-42(46-43)30-20-22-38-37(24-30)35-21-19-27-10-4-5-13-33(27)40(35)47-38/h2-24H,1H2. The average Bonchev–Trinajstić information content (AvgIpc) is 3.66. The van der Waals surface area contributed by atoms with E-state index in [1.165, 1.54) is 36.3 Å². The Morgan fingerprint density at radius 3 is 1.94 bits per heavy atom. The van der Waals surface area contributed by atoms with Crippen molar-refractivity contribution in [3.63, 3.8) is 0 Å². The SMILES string of the molecule is C=C1c2ccccc2-c2c1cccc2-c1nc(-c2ccc3ccccc3c2)nc(-c2ccc3sc4c5ccccc5ccc4c3c2)n1. The third-order valence-corrected chi connectivity index (χ3v) is 10.6. The first kappa shape index (κ1) is 26.3. The van der Waals surface area contributed by atoms with E-state index in [1.54, 1.807) is 0 Å². The zero-order valence-corrected chi connectivity index (χ0v) is 26.1. The zero-order valence-electron chi connectivity index (χ0n) is 25.2. The van der Waals surface area contributed by atoms with Gasteiger partial charge in [0.05, 0.1) is 0 Å². The van der Waals surface area contributed by atoms with Gasteiger partial charge in [-0.1, -0.05) is 122 Å². The normalized spacial score (nSPS) is 12.3. The molecule has 47 heavy (non-hydrogen) atoms. The first-order valence-electron chi connectivity index (χ1n) is 15.7. The van der Waals surface area contributed by atoms with E-state index in [2.05, 4.69) is 146 Å². The Morgan fingerprint density at radius 2 is 1.06 bits per heavy atom. The van der Waals surface area contributed by atoms with Crippen LogP contribution in [0.3, 0.4) is 0 Å².